The molecule has 15 aromatic rings. The first-order chi connectivity index (χ1) is 56.8. The number of nitrogens with zero attached hydrogens (tertiary/aromatic N) is 10. The van der Waals surface area contributed by atoms with Crippen molar-refractivity contribution in [1.82, 2.24) is 61.6 Å². The highest BCUT2D eigenvalue weighted by Gasteiger charge is 2.28. The van der Waals surface area contributed by atoms with Crippen molar-refractivity contribution in [3.63, 3.8) is 0 Å². The third kappa shape index (κ3) is 14.9. The lowest BCUT2D eigenvalue weighted by Crippen LogP contribution is -2.17. The van der Waals surface area contributed by atoms with Crippen LogP contribution in [0.5, 0.6) is 69.0 Å². The van der Waals surface area contributed by atoms with Crippen molar-refractivity contribution in [1.29, 1.82) is 0 Å². The van der Waals surface area contributed by atoms with E-state index in [1.807, 2.05) is 18.2 Å². The van der Waals surface area contributed by atoms with Gasteiger partial charge in [0, 0.05) is 55.1 Å². The lowest BCUT2D eigenvalue weighted by molar-refractivity contribution is 0.0944. The Morgan fingerprint density at radius 3 is 1.15 bits per heavy atom. The Kier molecular flexibility index (Phi) is 19.5. The summed E-state index contributed by atoms with van der Waals surface area (Å²) in [5.41, 5.74) is 14.8. The second kappa shape index (κ2) is 31.5. The van der Waals surface area contributed by atoms with E-state index in [1.54, 1.807) is 200 Å². The van der Waals surface area contributed by atoms with Gasteiger partial charge in [0.05, 0.1) is 58.1 Å². The van der Waals surface area contributed by atoms with Gasteiger partial charge in [0.15, 0.2) is 23.3 Å². The molecule has 0 fully saturated rings. The van der Waals surface area contributed by atoms with Crippen LogP contribution >= 0.6 is 0 Å². The molecule has 2 aliphatic heterocycles. The lowest BCUT2D eigenvalue weighted by atomic mass is 10.1. The molecular weight excluding hydrogens is 1470 g/mol. The molecule has 17 rings (SSSR count). The first kappa shape index (κ1) is 71.9. The lowest BCUT2D eigenvalue weighted by Gasteiger charge is -2.12. The second-order valence-electron chi connectivity index (χ2n) is 25.8. The van der Waals surface area contributed by atoms with Gasteiger partial charge in [-0.15, -0.1) is 0 Å². The van der Waals surface area contributed by atoms with E-state index in [0.717, 1.165) is 0 Å². The molecule has 0 saturated heterocycles. The van der Waals surface area contributed by atoms with Crippen LogP contribution in [-0.2, 0) is 0 Å². The van der Waals surface area contributed by atoms with E-state index in [-0.39, 0.29) is 97.0 Å². The zero-order valence-electron chi connectivity index (χ0n) is 60.2. The smallest absolute Gasteiger partial charge is 0.275 e. The number of phenols is 4. The topological polar surface area (TPSA) is 393 Å². The van der Waals surface area contributed by atoms with Crippen molar-refractivity contribution in [3.05, 3.63) is 311 Å². The van der Waals surface area contributed by atoms with Gasteiger partial charge >= 0.3 is 0 Å². The quantitative estimate of drug-likeness (QED) is 0.0250. The standard InChI is InChI=1S/C88H58N16O12/c105-65-29-9-5-23-57(65)85(109)101-89-45-49-19-1-13-33-69(49)113-53-39-41-55-63(43-53)81-94-77(55)93-79-61-27-17-37-73(115-71-35-15-3-21-51(71)47-91-103-87(111)59-25-7-11-31-67(59)107)75(61)84(98-79)100-80-62-28-18-38-74(116-72-36-16-4-22-52(72)48-92-104-88(112)60-26-8-12-32-68(60)108)76(62)83(99-80)97-78-56-42-40-54(44-64(56)82(95-78)96-81)114-70-34-14-2-20-50(70)46-90-102-86(110)58-24-6-10-30-66(58)106/h1-48,105-108H,(H,101,109)(H,102,110)(H,103,111)(H,104,112)(H2,93,94,95,96,97,98,99,100)/b89-45+,90-46+,91-47+,92-48+. The van der Waals surface area contributed by atoms with E-state index < -0.39 is 23.6 Å². The van der Waals surface area contributed by atoms with Crippen LogP contribution in [0.2, 0.25) is 0 Å². The number of hydrazone groups is 4. The number of para-hydroxylation sites is 8. The second-order valence-corrected chi connectivity index (χ2v) is 25.8. The van der Waals surface area contributed by atoms with Gasteiger partial charge in [-0.25, -0.2) is 51.6 Å². The predicted octanol–water partition coefficient (Wildman–Crippen LogP) is 15.9. The Labute approximate surface area is 655 Å². The van der Waals surface area contributed by atoms with Crippen LogP contribution in [0.25, 0.3) is 89.7 Å². The summed E-state index contributed by atoms with van der Waals surface area (Å²) in [5, 5.41) is 60.5. The van der Waals surface area contributed by atoms with Gasteiger partial charge in [-0.05, 0) is 146 Å². The van der Waals surface area contributed by atoms with Crippen LogP contribution in [-0.4, -0.2) is 109 Å². The van der Waals surface area contributed by atoms with Crippen molar-refractivity contribution in [2.24, 2.45) is 20.4 Å². The monoisotopic (exact) mass is 1530 g/mol. The van der Waals surface area contributed by atoms with Gasteiger partial charge in [-0.1, -0.05) is 121 Å². The molecule has 0 atom stereocenters. The Balaban J connectivity index is 0.835. The largest absolute Gasteiger partial charge is 0.507 e. The molecule has 3 aromatic heterocycles. The number of rotatable bonds is 20. The molecule has 8 bridgehead atoms. The van der Waals surface area contributed by atoms with Crippen LogP contribution in [0.1, 0.15) is 63.7 Å². The van der Waals surface area contributed by atoms with Crippen LogP contribution in [0.15, 0.2) is 287 Å². The summed E-state index contributed by atoms with van der Waals surface area (Å²) in [7, 11) is 0. The molecule has 12 aromatic carbocycles. The Morgan fingerprint density at radius 1 is 0.293 bits per heavy atom. The number of aromatic hydroxyl groups is 4. The summed E-state index contributed by atoms with van der Waals surface area (Å²) in [6, 6.07) is 74.0. The molecule has 0 saturated carbocycles. The summed E-state index contributed by atoms with van der Waals surface area (Å²) in [4.78, 5) is 91.6. The Morgan fingerprint density at radius 2 is 0.647 bits per heavy atom. The SMILES string of the molecule is O=C(N/N=C/c1ccccc1Oc1ccc2c(c1)-c1nc-2nc2[nH]c(nc3nc(nc4[nH]c(n1)c1cc(Oc5ccccc5/C=N/NC(=O)c5ccccc5O)ccc41)-c1cccc(Oc4ccccc4/C=N/NC(=O)c4ccccc4O)c1-3)c1cccc(Oc3ccccc3/C=N/NC(=O)c3ccccc3O)c21)c1ccccc1O. The molecule has 0 unspecified atom stereocenters. The van der Waals surface area contributed by atoms with Gasteiger partial charge < -0.3 is 49.3 Å². The first-order valence-electron chi connectivity index (χ1n) is 35.7. The minimum Gasteiger partial charge on any atom is -0.507 e. The number of hydrogen-bond donors (Lipinski definition) is 10. The van der Waals surface area contributed by atoms with E-state index in [2.05, 4.69) is 52.1 Å². The van der Waals surface area contributed by atoms with Crippen molar-refractivity contribution in [2.75, 3.05) is 0 Å². The van der Waals surface area contributed by atoms with Crippen LogP contribution < -0.4 is 40.7 Å². The third-order valence-corrected chi connectivity index (χ3v) is 18.4. The number of aromatic nitrogens is 8. The summed E-state index contributed by atoms with van der Waals surface area (Å²) >= 11 is 0. The molecule has 4 amide bonds. The van der Waals surface area contributed by atoms with Crippen molar-refractivity contribution < 1.29 is 58.6 Å². The van der Waals surface area contributed by atoms with Gasteiger partial charge in [-0.2, -0.15) is 20.4 Å². The van der Waals surface area contributed by atoms with Crippen LogP contribution in [0.3, 0.4) is 0 Å². The van der Waals surface area contributed by atoms with E-state index >= 15 is 0 Å². The number of hydrogen-bond acceptors (Lipinski definition) is 22. The number of carbonyl (C=O) groups is 4. The fourth-order valence-corrected chi connectivity index (χ4v) is 12.8. The molecule has 2 aliphatic rings. The summed E-state index contributed by atoms with van der Waals surface area (Å²) in [5.74, 6) is -0.119. The van der Waals surface area contributed by atoms with E-state index in [1.165, 1.54) is 73.4 Å². The van der Waals surface area contributed by atoms with Gasteiger partial charge in [0.2, 0.25) is 0 Å². The molecular formula is C88H58N16O12. The maximum atomic E-state index is 13.2. The number of fused-ring (bicyclic) bond motifs is 20. The van der Waals surface area contributed by atoms with Crippen LogP contribution in [0, 0.1) is 0 Å². The molecule has 0 radical (unpaired) electrons. The number of ether oxygens (including phenoxy) is 4. The van der Waals surface area contributed by atoms with Crippen LogP contribution in [0.4, 0.5) is 0 Å². The van der Waals surface area contributed by atoms with E-state index in [0.29, 0.717) is 106 Å². The predicted molar refractivity (Wildman–Crippen MR) is 435 cm³/mol. The molecule has 10 N–H and O–H groups in total. The molecule has 28 heteroatoms. The summed E-state index contributed by atoms with van der Waals surface area (Å²) in [6.07, 6.45) is 5.68. The van der Waals surface area contributed by atoms with Gasteiger partial charge in [0.25, 0.3) is 23.6 Å². The van der Waals surface area contributed by atoms with Crippen molar-refractivity contribution >= 4 is 92.6 Å². The molecule has 0 aliphatic carbocycles. The number of phenolic OH excluding ortho intramolecular Hbond substituents is 4. The maximum Gasteiger partial charge on any atom is 0.275 e. The number of aromatic amines is 2. The first-order valence-corrected chi connectivity index (χ1v) is 35.7. The number of nitrogens with one attached hydrogen (secondary N) is 6. The summed E-state index contributed by atoms with van der Waals surface area (Å²) < 4.78 is 27.2. The van der Waals surface area contributed by atoms with Gasteiger partial charge in [0.1, 0.15) is 91.6 Å². The zero-order valence-corrected chi connectivity index (χ0v) is 60.2. The maximum absolute atomic E-state index is 13.2. The minimum absolute atomic E-state index is 0.0222. The van der Waals surface area contributed by atoms with E-state index in [9.17, 15) is 39.6 Å². The fourth-order valence-electron chi connectivity index (χ4n) is 12.8. The average molecular weight is 1530 g/mol. The van der Waals surface area contributed by atoms with E-state index in [4.69, 9.17) is 48.9 Å². The highest BCUT2D eigenvalue weighted by atomic mass is 16.5. The fraction of sp³-hybridized carbons (Fsp3) is 0. The number of amides is 4. The Hall–Kier alpha value is -17.0. The molecule has 28 nitrogen and oxygen atoms in total. The summed E-state index contributed by atoms with van der Waals surface area (Å²) in [6.45, 7) is 0. The van der Waals surface area contributed by atoms with Crippen molar-refractivity contribution in [2.45, 2.75) is 0 Å². The Bertz CT molecular complexity index is 6820. The number of benzene rings is 12. The highest BCUT2D eigenvalue weighted by molar-refractivity contribution is 6.10. The molecule has 562 valence electrons. The number of carbonyl (C=O) groups excluding carboxylic acids is 4. The highest BCUT2D eigenvalue weighted by Crippen LogP contribution is 2.46. The molecule has 116 heavy (non-hydrogen) atoms. The van der Waals surface area contributed by atoms with Crippen molar-refractivity contribution in [3.8, 4) is 115 Å². The third-order valence-electron chi connectivity index (χ3n) is 18.4. The number of H-pyrrole nitrogens is 2. The molecule has 0 spiro atoms. The zero-order chi connectivity index (χ0) is 79.2. The molecule has 5 heterocycles. The minimum atomic E-state index is -0.644. The normalized spacial score (nSPS) is 11.6. The van der Waals surface area contributed by atoms with Gasteiger partial charge in [-0.3, -0.25) is 19.2 Å². The average Bonchev–Trinajstić information content (AvgIpc) is 1.59.